The molecule has 3 rings (SSSR count). The molecule has 0 spiro atoms. The first-order valence-electron chi connectivity index (χ1n) is 6.90. The van der Waals surface area contributed by atoms with Crippen LogP contribution in [-0.4, -0.2) is 15.0 Å². The standard InChI is InChI=1S/C16H16N4O/c1-2-5-13-15(17)19-10-20-16(13)21-12-8-11-6-3-4-7-14(11)18-9-12/h3-4,6-10H,2,5H2,1H3,(H2,17,19,20). The van der Waals surface area contributed by atoms with Gasteiger partial charge in [-0.3, -0.25) is 4.98 Å². The second kappa shape index (κ2) is 5.75. The highest BCUT2D eigenvalue weighted by molar-refractivity contribution is 5.79. The number of anilines is 1. The molecule has 0 atom stereocenters. The monoisotopic (exact) mass is 280 g/mol. The van der Waals surface area contributed by atoms with Crippen LogP contribution in [0.15, 0.2) is 42.9 Å². The van der Waals surface area contributed by atoms with Gasteiger partial charge in [0.1, 0.15) is 17.9 Å². The molecule has 0 aliphatic carbocycles. The van der Waals surface area contributed by atoms with Crippen molar-refractivity contribution in [3.8, 4) is 11.6 Å². The maximum atomic E-state index is 5.90. The minimum atomic E-state index is 0.468. The quantitative estimate of drug-likeness (QED) is 0.793. The number of fused-ring (bicyclic) bond motifs is 1. The first-order chi connectivity index (χ1) is 10.3. The Balaban J connectivity index is 1.96. The van der Waals surface area contributed by atoms with E-state index in [1.807, 2.05) is 30.3 Å². The third kappa shape index (κ3) is 2.76. The summed E-state index contributed by atoms with van der Waals surface area (Å²) in [5.41, 5.74) is 7.68. The van der Waals surface area contributed by atoms with Gasteiger partial charge in [0.05, 0.1) is 17.3 Å². The van der Waals surface area contributed by atoms with Crippen LogP contribution in [0, 0.1) is 0 Å². The van der Waals surface area contributed by atoms with E-state index in [2.05, 4.69) is 21.9 Å². The lowest BCUT2D eigenvalue weighted by Gasteiger charge is -2.11. The van der Waals surface area contributed by atoms with Gasteiger partial charge < -0.3 is 10.5 Å². The molecular weight excluding hydrogens is 264 g/mol. The van der Waals surface area contributed by atoms with Crippen LogP contribution in [0.1, 0.15) is 18.9 Å². The van der Waals surface area contributed by atoms with Crippen LogP contribution in [0.4, 0.5) is 5.82 Å². The number of hydrogen-bond donors (Lipinski definition) is 1. The van der Waals surface area contributed by atoms with Gasteiger partial charge in [-0.1, -0.05) is 31.5 Å². The number of para-hydroxylation sites is 1. The maximum absolute atomic E-state index is 5.90. The molecule has 2 aromatic heterocycles. The number of nitrogens with zero attached hydrogens (tertiary/aromatic N) is 3. The molecule has 0 aliphatic rings. The van der Waals surface area contributed by atoms with Gasteiger partial charge in [0.2, 0.25) is 5.88 Å². The van der Waals surface area contributed by atoms with Gasteiger partial charge in [-0.05, 0) is 18.6 Å². The van der Waals surface area contributed by atoms with Crippen molar-refractivity contribution < 1.29 is 4.74 Å². The highest BCUT2D eigenvalue weighted by Gasteiger charge is 2.11. The smallest absolute Gasteiger partial charge is 0.227 e. The molecule has 5 heteroatoms. The van der Waals surface area contributed by atoms with Gasteiger partial charge in [0, 0.05) is 5.39 Å². The van der Waals surface area contributed by atoms with Gasteiger partial charge >= 0.3 is 0 Å². The number of benzene rings is 1. The van der Waals surface area contributed by atoms with Gasteiger partial charge in [0.15, 0.2) is 0 Å². The van der Waals surface area contributed by atoms with Gasteiger partial charge in [-0.15, -0.1) is 0 Å². The van der Waals surface area contributed by atoms with Gasteiger partial charge in [-0.25, -0.2) is 9.97 Å². The van der Waals surface area contributed by atoms with E-state index in [1.165, 1.54) is 6.33 Å². The lowest BCUT2D eigenvalue weighted by atomic mass is 10.2. The van der Waals surface area contributed by atoms with Crippen molar-refractivity contribution in [2.45, 2.75) is 19.8 Å². The van der Waals surface area contributed by atoms with Crippen molar-refractivity contribution in [3.05, 3.63) is 48.4 Å². The largest absolute Gasteiger partial charge is 0.437 e. The molecule has 2 N–H and O–H groups in total. The van der Waals surface area contributed by atoms with Crippen LogP contribution in [-0.2, 0) is 6.42 Å². The molecule has 0 radical (unpaired) electrons. The van der Waals surface area contributed by atoms with Gasteiger partial charge in [0.25, 0.3) is 0 Å². The Hall–Kier alpha value is -2.69. The average molecular weight is 280 g/mol. The topological polar surface area (TPSA) is 73.9 Å². The molecule has 0 amide bonds. The second-order valence-corrected chi connectivity index (χ2v) is 4.76. The highest BCUT2D eigenvalue weighted by atomic mass is 16.5. The van der Waals surface area contributed by atoms with Crippen LogP contribution in [0.3, 0.4) is 0 Å². The Morgan fingerprint density at radius 1 is 1.14 bits per heavy atom. The van der Waals surface area contributed by atoms with Crippen molar-refractivity contribution in [3.63, 3.8) is 0 Å². The first kappa shape index (κ1) is 13.3. The number of nitrogen functional groups attached to an aromatic ring is 1. The fourth-order valence-corrected chi connectivity index (χ4v) is 2.20. The molecule has 0 fully saturated rings. The number of nitrogens with two attached hydrogens (primary N) is 1. The summed E-state index contributed by atoms with van der Waals surface area (Å²) in [5, 5.41) is 1.02. The zero-order chi connectivity index (χ0) is 14.7. The number of ether oxygens (including phenoxy) is 1. The summed E-state index contributed by atoms with van der Waals surface area (Å²) in [6.45, 7) is 2.08. The van der Waals surface area contributed by atoms with E-state index in [1.54, 1.807) is 6.20 Å². The van der Waals surface area contributed by atoms with Crippen LogP contribution < -0.4 is 10.5 Å². The normalized spacial score (nSPS) is 10.7. The predicted octanol–water partition coefficient (Wildman–Crippen LogP) is 3.35. The van der Waals surface area contributed by atoms with Crippen LogP contribution in [0.5, 0.6) is 11.6 Å². The van der Waals surface area contributed by atoms with Crippen molar-refractivity contribution in [2.24, 2.45) is 0 Å². The number of rotatable bonds is 4. The Morgan fingerprint density at radius 2 is 2.00 bits per heavy atom. The minimum Gasteiger partial charge on any atom is -0.437 e. The molecule has 5 nitrogen and oxygen atoms in total. The molecule has 0 saturated carbocycles. The van der Waals surface area contributed by atoms with E-state index >= 15 is 0 Å². The molecule has 3 aromatic rings. The van der Waals surface area contributed by atoms with Crippen LogP contribution >= 0.6 is 0 Å². The van der Waals surface area contributed by atoms with Crippen LogP contribution in [0.2, 0.25) is 0 Å². The Morgan fingerprint density at radius 3 is 2.86 bits per heavy atom. The lowest BCUT2D eigenvalue weighted by molar-refractivity contribution is 0.453. The molecule has 0 saturated heterocycles. The van der Waals surface area contributed by atoms with Crippen molar-refractivity contribution in [2.75, 3.05) is 5.73 Å². The van der Waals surface area contributed by atoms with Crippen LogP contribution in [0.25, 0.3) is 10.9 Å². The molecule has 106 valence electrons. The van der Waals surface area contributed by atoms with E-state index in [-0.39, 0.29) is 0 Å². The van der Waals surface area contributed by atoms with E-state index in [0.717, 1.165) is 29.3 Å². The van der Waals surface area contributed by atoms with E-state index < -0.39 is 0 Å². The zero-order valence-corrected chi connectivity index (χ0v) is 11.8. The summed E-state index contributed by atoms with van der Waals surface area (Å²) in [5.74, 6) is 1.61. The molecule has 1 aromatic carbocycles. The second-order valence-electron chi connectivity index (χ2n) is 4.76. The fourth-order valence-electron chi connectivity index (χ4n) is 2.20. The molecule has 2 heterocycles. The summed E-state index contributed by atoms with van der Waals surface area (Å²) < 4.78 is 5.86. The predicted molar refractivity (Wildman–Crippen MR) is 82.3 cm³/mol. The van der Waals surface area contributed by atoms with Crippen molar-refractivity contribution in [1.29, 1.82) is 0 Å². The Labute approximate surface area is 122 Å². The summed E-state index contributed by atoms with van der Waals surface area (Å²) in [4.78, 5) is 12.6. The highest BCUT2D eigenvalue weighted by Crippen LogP contribution is 2.27. The van der Waals surface area contributed by atoms with E-state index in [0.29, 0.717) is 17.4 Å². The van der Waals surface area contributed by atoms with E-state index in [9.17, 15) is 0 Å². The van der Waals surface area contributed by atoms with Gasteiger partial charge in [-0.2, -0.15) is 0 Å². The molecular formula is C16H16N4O. The molecule has 21 heavy (non-hydrogen) atoms. The zero-order valence-electron chi connectivity index (χ0n) is 11.8. The first-order valence-corrected chi connectivity index (χ1v) is 6.90. The molecule has 0 unspecified atom stereocenters. The Bertz CT molecular complexity index is 773. The summed E-state index contributed by atoms with van der Waals surface area (Å²) in [6, 6.07) is 9.83. The summed E-state index contributed by atoms with van der Waals surface area (Å²) in [7, 11) is 0. The molecule has 0 bridgehead atoms. The third-order valence-electron chi connectivity index (χ3n) is 3.22. The van der Waals surface area contributed by atoms with E-state index in [4.69, 9.17) is 10.5 Å². The average Bonchev–Trinajstić information content (AvgIpc) is 2.51. The lowest BCUT2D eigenvalue weighted by Crippen LogP contribution is -2.02. The molecule has 0 aliphatic heterocycles. The maximum Gasteiger partial charge on any atom is 0.227 e. The Kier molecular flexibility index (Phi) is 3.64. The number of hydrogen-bond acceptors (Lipinski definition) is 5. The fraction of sp³-hybridized carbons (Fsp3) is 0.188. The SMILES string of the molecule is CCCc1c(N)ncnc1Oc1cnc2ccccc2c1. The summed E-state index contributed by atoms with van der Waals surface area (Å²) >= 11 is 0. The third-order valence-corrected chi connectivity index (χ3v) is 3.22. The summed E-state index contributed by atoms with van der Waals surface area (Å²) in [6.07, 6.45) is 4.83. The minimum absolute atomic E-state index is 0.468. The van der Waals surface area contributed by atoms with Crippen molar-refractivity contribution in [1.82, 2.24) is 15.0 Å². The number of pyridine rings is 1. The van der Waals surface area contributed by atoms with Crippen molar-refractivity contribution >= 4 is 16.7 Å². The number of aromatic nitrogens is 3.